The van der Waals surface area contributed by atoms with E-state index in [1.54, 1.807) is 0 Å². The number of nitrogens with zero attached hydrogens (tertiary/aromatic N) is 2. The second kappa shape index (κ2) is 8.53. The molecule has 0 aliphatic carbocycles. The lowest BCUT2D eigenvalue weighted by molar-refractivity contribution is -0.380. The molecule has 0 saturated carbocycles. The molecule has 3 rings (SSSR count). The van der Waals surface area contributed by atoms with Crippen LogP contribution >= 0.6 is 22.9 Å². The van der Waals surface area contributed by atoms with Gasteiger partial charge in [0.25, 0.3) is 0 Å². The summed E-state index contributed by atoms with van der Waals surface area (Å²) in [6.07, 6.45) is 0. The van der Waals surface area contributed by atoms with Crippen molar-refractivity contribution in [2.24, 2.45) is 0 Å². The highest BCUT2D eigenvalue weighted by atomic mass is 35.5. The van der Waals surface area contributed by atoms with E-state index in [1.807, 2.05) is 0 Å². The molecule has 0 spiro atoms. The predicted molar refractivity (Wildman–Crippen MR) is 101 cm³/mol. The third kappa shape index (κ3) is 4.50. The topological polar surface area (TPSA) is 116 Å². The molecular formula is C16H15ClN2O7S2. The molecule has 1 fully saturated rings. The fraction of sp³-hybridized carbons (Fsp3) is 0.312. The van der Waals surface area contributed by atoms with Crippen LogP contribution in [-0.4, -0.2) is 49.9 Å². The molecule has 2 heterocycles. The fourth-order valence-electron chi connectivity index (χ4n) is 2.52. The van der Waals surface area contributed by atoms with E-state index in [2.05, 4.69) is 0 Å². The Morgan fingerprint density at radius 2 is 2.04 bits per heavy atom. The summed E-state index contributed by atoms with van der Waals surface area (Å²) in [5.74, 6) is -0.821. The zero-order chi connectivity index (χ0) is 20.3. The number of carbonyl (C=O) groups is 1. The number of rotatable bonds is 6. The minimum absolute atomic E-state index is 0.0437. The summed E-state index contributed by atoms with van der Waals surface area (Å²) in [5, 5.41) is 12.2. The predicted octanol–water partition coefficient (Wildman–Crippen LogP) is 2.69. The Morgan fingerprint density at radius 1 is 1.32 bits per heavy atom. The monoisotopic (exact) mass is 446 g/mol. The molecule has 12 heteroatoms. The molecule has 0 N–H and O–H groups in total. The van der Waals surface area contributed by atoms with Crippen molar-refractivity contribution in [1.82, 2.24) is 4.31 Å². The Hall–Kier alpha value is -2.05. The maximum absolute atomic E-state index is 12.7. The van der Waals surface area contributed by atoms with Gasteiger partial charge in [0.1, 0.15) is 6.61 Å². The van der Waals surface area contributed by atoms with Crippen molar-refractivity contribution in [3.8, 4) is 0 Å². The fourth-order valence-corrected chi connectivity index (χ4v) is 4.86. The molecule has 1 aromatic carbocycles. The van der Waals surface area contributed by atoms with Crippen molar-refractivity contribution >= 4 is 43.9 Å². The molecule has 0 unspecified atom stereocenters. The molecule has 1 aliphatic heterocycles. The van der Waals surface area contributed by atoms with Crippen molar-refractivity contribution in [3.05, 3.63) is 55.9 Å². The van der Waals surface area contributed by atoms with Crippen LogP contribution in [0.1, 0.15) is 15.9 Å². The first-order chi connectivity index (χ1) is 13.3. The number of benzene rings is 1. The summed E-state index contributed by atoms with van der Waals surface area (Å²) in [6.45, 7) is 0.853. The van der Waals surface area contributed by atoms with E-state index in [-0.39, 0.29) is 40.2 Å². The quantitative estimate of drug-likeness (QED) is 0.380. The number of hydrogen-bond acceptors (Lipinski definition) is 8. The molecule has 0 atom stereocenters. The molecule has 1 aromatic heterocycles. The number of nitro groups is 1. The van der Waals surface area contributed by atoms with Crippen LogP contribution in [0.5, 0.6) is 0 Å². The van der Waals surface area contributed by atoms with Gasteiger partial charge in [-0.2, -0.15) is 4.31 Å². The first-order valence-corrected chi connectivity index (χ1v) is 10.7. The number of ether oxygens (including phenoxy) is 2. The van der Waals surface area contributed by atoms with Crippen LogP contribution < -0.4 is 0 Å². The molecule has 2 aromatic rings. The molecule has 1 aliphatic rings. The van der Waals surface area contributed by atoms with Crippen molar-refractivity contribution < 1.29 is 27.6 Å². The minimum atomic E-state index is -3.79. The SMILES string of the molecule is O=C(OCc1csc([N+](=O)[O-])c1)c1cc(S(=O)(=O)N2CCOCC2)ccc1Cl. The molecule has 0 radical (unpaired) electrons. The second-order valence-electron chi connectivity index (χ2n) is 5.78. The van der Waals surface area contributed by atoms with Gasteiger partial charge in [-0.15, -0.1) is 0 Å². The molecule has 28 heavy (non-hydrogen) atoms. The molecular weight excluding hydrogens is 432 g/mol. The van der Waals surface area contributed by atoms with Gasteiger partial charge in [0, 0.05) is 30.1 Å². The van der Waals surface area contributed by atoms with E-state index in [0.29, 0.717) is 18.8 Å². The van der Waals surface area contributed by atoms with Crippen LogP contribution in [0.25, 0.3) is 0 Å². The Labute approximate surface area is 169 Å². The van der Waals surface area contributed by atoms with Crippen molar-refractivity contribution in [1.29, 1.82) is 0 Å². The van der Waals surface area contributed by atoms with E-state index in [0.717, 1.165) is 11.3 Å². The van der Waals surface area contributed by atoms with E-state index < -0.39 is 20.9 Å². The largest absolute Gasteiger partial charge is 0.457 e. The molecule has 1 saturated heterocycles. The van der Waals surface area contributed by atoms with Crippen molar-refractivity contribution in [2.45, 2.75) is 11.5 Å². The summed E-state index contributed by atoms with van der Waals surface area (Å²) >= 11 is 6.96. The number of thiophene rings is 1. The van der Waals surface area contributed by atoms with Gasteiger partial charge in [-0.25, -0.2) is 13.2 Å². The second-order valence-corrected chi connectivity index (χ2v) is 9.02. The lowest BCUT2D eigenvalue weighted by atomic mass is 10.2. The third-order valence-corrected chi connectivity index (χ3v) is 7.11. The smallest absolute Gasteiger partial charge is 0.340 e. The van der Waals surface area contributed by atoms with Crippen LogP contribution in [0.15, 0.2) is 34.5 Å². The molecule has 150 valence electrons. The minimum Gasteiger partial charge on any atom is -0.457 e. The molecule has 9 nitrogen and oxygen atoms in total. The van der Waals surface area contributed by atoms with Crippen LogP contribution in [-0.2, 0) is 26.1 Å². The van der Waals surface area contributed by atoms with Crippen molar-refractivity contribution in [3.63, 3.8) is 0 Å². The number of esters is 1. The highest BCUT2D eigenvalue weighted by Crippen LogP contribution is 2.26. The van der Waals surface area contributed by atoms with E-state index in [4.69, 9.17) is 21.1 Å². The van der Waals surface area contributed by atoms with Gasteiger partial charge in [-0.05, 0) is 18.2 Å². The Morgan fingerprint density at radius 3 is 2.68 bits per heavy atom. The lowest BCUT2D eigenvalue weighted by Gasteiger charge is -2.26. The van der Waals surface area contributed by atoms with E-state index >= 15 is 0 Å². The summed E-state index contributed by atoms with van der Waals surface area (Å²) in [4.78, 5) is 22.5. The van der Waals surface area contributed by atoms with Crippen LogP contribution in [0.4, 0.5) is 5.00 Å². The Balaban J connectivity index is 1.76. The zero-order valence-electron chi connectivity index (χ0n) is 14.4. The van der Waals surface area contributed by atoms with Crippen LogP contribution in [0.2, 0.25) is 5.02 Å². The zero-order valence-corrected chi connectivity index (χ0v) is 16.8. The van der Waals surface area contributed by atoms with Gasteiger partial charge < -0.3 is 9.47 Å². The van der Waals surface area contributed by atoms with Gasteiger partial charge in [0.2, 0.25) is 10.0 Å². The maximum Gasteiger partial charge on any atom is 0.340 e. The molecule has 0 amide bonds. The normalized spacial score (nSPS) is 15.3. The molecule has 0 bridgehead atoms. The Bertz CT molecular complexity index is 1000. The van der Waals surface area contributed by atoms with E-state index in [9.17, 15) is 23.3 Å². The number of halogens is 1. The number of hydrogen-bond donors (Lipinski definition) is 0. The number of morpholine rings is 1. The van der Waals surface area contributed by atoms with Gasteiger partial charge in [-0.1, -0.05) is 22.9 Å². The maximum atomic E-state index is 12.7. The van der Waals surface area contributed by atoms with Crippen LogP contribution in [0, 0.1) is 10.1 Å². The summed E-state index contributed by atoms with van der Waals surface area (Å²) < 4.78 is 37.0. The Kier molecular flexibility index (Phi) is 6.30. The van der Waals surface area contributed by atoms with Gasteiger partial charge >= 0.3 is 11.0 Å². The number of sulfonamides is 1. The average Bonchev–Trinajstić information content (AvgIpc) is 3.16. The summed E-state index contributed by atoms with van der Waals surface area (Å²) in [6, 6.07) is 5.12. The third-order valence-electron chi connectivity index (χ3n) is 3.96. The van der Waals surface area contributed by atoms with Gasteiger partial charge in [-0.3, -0.25) is 10.1 Å². The van der Waals surface area contributed by atoms with E-state index in [1.165, 1.54) is 34.0 Å². The highest BCUT2D eigenvalue weighted by Gasteiger charge is 2.28. The first-order valence-electron chi connectivity index (χ1n) is 8.05. The standard InChI is InChI=1S/C16H15ClN2O7S2/c17-14-2-1-12(28(23,24)18-3-5-25-6-4-18)8-13(14)16(20)26-9-11-7-15(19(21)22)27-10-11/h1-2,7-8,10H,3-6,9H2. The highest BCUT2D eigenvalue weighted by molar-refractivity contribution is 7.89. The van der Waals surface area contributed by atoms with Crippen molar-refractivity contribution in [2.75, 3.05) is 26.3 Å². The number of carbonyl (C=O) groups excluding carboxylic acids is 1. The average molecular weight is 447 g/mol. The van der Waals surface area contributed by atoms with Crippen LogP contribution in [0.3, 0.4) is 0 Å². The summed E-state index contributed by atoms with van der Waals surface area (Å²) in [5.41, 5.74) is 0.360. The first kappa shape index (κ1) is 20.7. The lowest BCUT2D eigenvalue weighted by Crippen LogP contribution is -2.40. The van der Waals surface area contributed by atoms with Gasteiger partial charge in [0.05, 0.1) is 33.6 Å². The summed E-state index contributed by atoms with van der Waals surface area (Å²) in [7, 11) is -3.79. The van der Waals surface area contributed by atoms with Gasteiger partial charge in [0.15, 0.2) is 0 Å².